The zero-order valence-electron chi connectivity index (χ0n) is 21.9. The Bertz CT molecular complexity index is 1260. The van der Waals surface area contributed by atoms with Crippen molar-refractivity contribution >= 4 is 11.6 Å². The van der Waals surface area contributed by atoms with Crippen LogP contribution in [0.2, 0.25) is 0 Å². The second-order valence-electron chi connectivity index (χ2n) is 9.95. The summed E-state index contributed by atoms with van der Waals surface area (Å²) in [5.41, 5.74) is 7.02. The van der Waals surface area contributed by atoms with Gasteiger partial charge in [-0.25, -0.2) is 4.39 Å². The fourth-order valence-electron chi connectivity index (χ4n) is 5.40. The van der Waals surface area contributed by atoms with E-state index >= 15 is 0 Å². The molecule has 3 aromatic carbocycles. The standard InChI is InChI=1S/C32H36FNO3/c1-35-28-11-9-24-20-27(8-7-25(24)21-28)30-22-29(36-2)12-10-26(30)18-23-6-13-32(31(33)19-23)37-17-16-34-14-4-3-5-15-34/h6,9-13,19-22H,3-5,7-8,14-18H2,1-2H3. The summed E-state index contributed by atoms with van der Waals surface area (Å²) in [6.07, 6.45) is 8.57. The molecule has 1 saturated heterocycles. The smallest absolute Gasteiger partial charge is 0.165 e. The normalized spacial score (nSPS) is 15.6. The number of hydrogen-bond acceptors (Lipinski definition) is 4. The minimum absolute atomic E-state index is 0.300. The van der Waals surface area contributed by atoms with E-state index in [1.807, 2.05) is 18.2 Å². The minimum atomic E-state index is -0.300. The summed E-state index contributed by atoms with van der Waals surface area (Å²) in [5, 5.41) is 0. The molecule has 0 saturated carbocycles. The fraction of sp³-hybridized carbons (Fsp3) is 0.375. The summed E-state index contributed by atoms with van der Waals surface area (Å²) in [4.78, 5) is 2.40. The average Bonchev–Trinajstić information content (AvgIpc) is 2.94. The highest BCUT2D eigenvalue weighted by molar-refractivity contribution is 5.86. The first-order valence-corrected chi connectivity index (χ1v) is 13.3. The minimum Gasteiger partial charge on any atom is -0.497 e. The van der Waals surface area contributed by atoms with E-state index in [1.54, 1.807) is 26.4 Å². The zero-order chi connectivity index (χ0) is 25.6. The van der Waals surface area contributed by atoms with Crippen molar-refractivity contribution in [3.05, 3.63) is 88.2 Å². The Morgan fingerprint density at radius 1 is 0.838 bits per heavy atom. The van der Waals surface area contributed by atoms with E-state index < -0.39 is 0 Å². The maximum Gasteiger partial charge on any atom is 0.165 e. The topological polar surface area (TPSA) is 30.9 Å². The van der Waals surface area contributed by atoms with Gasteiger partial charge >= 0.3 is 0 Å². The van der Waals surface area contributed by atoms with Gasteiger partial charge in [0.2, 0.25) is 0 Å². The Morgan fingerprint density at radius 2 is 1.62 bits per heavy atom. The van der Waals surface area contributed by atoms with E-state index in [0.29, 0.717) is 18.8 Å². The van der Waals surface area contributed by atoms with Crippen LogP contribution in [0.25, 0.3) is 11.6 Å². The molecule has 0 spiro atoms. The molecule has 5 rings (SSSR count). The second kappa shape index (κ2) is 11.8. The van der Waals surface area contributed by atoms with Crippen molar-refractivity contribution in [2.24, 2.45) is 0 Å². The lowest BCUT2D eigenvalue weighted by Crippen LogP contribution is -2.33. The van der Waals surface area contributed by atoms with Crippen molar-refractivity contribution in [2.75, 3.05) is 40.5 Å². The van der Waals surface area contributed by atoms with Gasteiger partial charge in [-0.1, -0.05) is 30.7 Å². The average molecular weight is 502 g/mol. The lowest BCUT2D eigenvalue weighted by atomic mass is 9.85. The Kier molecular flexibility index (Phi) is 8.10. The Morgan fingerprint density at radius 3 is 2.41 bits per heavy atom. The first-order valence-electron chi connectivity index (χ1n) is 13.3. The molecule has 0 radical (unpaired) electrons. The molecule has 0 amide bonds. The summed E-state index contributed by atoms with van der Waals surface area (Å²) in [6, 6.07) is 17.8. The molecule has 37 heavy (non-hydrogen) atoms. The number of hydrogen-bond donors (Lipinski definition) is 0. The van der Waals surface area contributed by atoms with Crippen LogP contribution in [-0.4, -0.2) is 45.4 Å². The van der Waals surface area contributed by atoms with Crippen LogP contribution in [0, 0.1) is 5.82 Å². The molecule has 0 atom stereocenters. The highest BCUT2D eigenvalue weighted by Gasteiger charge is 2.17. The number of benzene rings is 3. The summed E-state index contributed by atoms with van der Waals surface area (Å²) in [5.74, 6) is 1.74. The van der Waals surface area contributed by atoms with Crippen LogP contribution in [0.15, 0.2) is 54.6 Å². The lowest BCUT2D eigenvalue weighted by molar-refractivity contribution is 0.180. The number of nitrogens with zero attached hydrogens (tertiary/aromatic N) is 1. The largest absolute Gasteiger partial charge is 0.497 e. The molecule has 3 aromatic rings. The summed E-state index contributed by atoms with van der Waals surface area (Å²) < 4.78 is 31.7. The second-order valence-corrected chi connectivity index (χ2v) is 9.95. The molecule has 0 unspecified atom stereocenters. The number of likely N-dealkylation sites (tertiary alicyclic amines) is 1. The number of aryl methyl sites for hydroxylation is 1. The number of ether oxygens (including phenoxy) is 3. The quantitative estimate of drug-likeness (QED) is 0.323. The van der Waals surface area contributed by atoms with Crippen molar-refractivity contribution in [2.45, 2.75) is 38.5 Å². The SMILES string of the molecule is COc1ccc2c(c1)CCC(c1cc(OC)ccc1Cc1ccc(OCCN3CCCCC3)c(F)c1)=C2. The molecule has 1 aliphatic heterocycles. The monoisotopic (exact) mass is 501 g/mol. The number of halogens is 1. The Balaban J connectivity index is 1.32. The van der Waals surface area contributed by atoms with Gasteiger partial charge in [0.1, 0.15) is 18.1 Å². The van der Waals surface area contributed by atoms with E-state index in [9.17, 15) is 4.39 Å². The van der Waals surface area contributed by atoms with E-state index in [0.717, 1.165) is 60.7 Å². The van der Waals surface area contributed by atoms with Crippen LogP contribution >= 0.6 is 0 Å². The van der Waals surface area contributed by atoms with Crippen molar-refractivity contribution in [1.82, 2.24) is 4.90 Å². The summed E-state index contributed by atoms with van der Waals surface area (Å²) in [7, 11) is 3.39. The van der Waals surface area contributed by atoms with E-state index in [4.69, 9.17) is 14.2 Å². The molecule has 4 nitrogen and oxygen atoms in total. The number of piperidine rings is 1. The predicted octanol–water partition coefficient (Wildman–Crippen LogP) is 6.79. The van der Waals surface area contributed by atoms with Gasteiger partial charge in [-0.05, 0) is 115 Å². The first-order chi connectivity index (χ1) is 18.1. The lowest BCUT2D eigenvalue weighted by Gasteiger charge is -2.26. The number of methoxy groups -OCH3 is 2. The third-order valence-corrected chi connectivity index (χ3v) is 7.51. The third kappa shape index (κ3) is 6.16. The van der Waals surface area contributed by atoms with Gasteiger partial charge in [-0.2, -0.15) is 0 Å². The highest BCUT2D eigenvalue weighted by atomic mass is 19.1. The maximum atomic E-state index is 14.9. The van der Waals surface area contributed by atoms with Crippen LogP contribution in [0.3, 0.4) is 0 Å². The Hall–Kier alpha value is -3.31. The maximum absolute atomic E-state index is 14.9. The number of allylic oxidation sites excluding steroid dienone is 1. The first kappa shape index (κ1) is 25.3. The van der Waals surface area contributed by atoms with Crippen molar-refractivity contribution < 1.29 is 18.6 Å². The van der Waals surface area contributed by atoms with Gasteiger partial charge in [0.05, 0.1) is 14.2 Å². The van der Waals surface area contributed by atoms with Gasteiger partial charge in [0.25, 0.3) is 0 Å². The molecule has 194 valence electrons. The van der Waals surface area contributed by atoms with Crippen LogP contribution in [0.1, 0.15) is 53.5 Å². The van der Waals surface area contributed by atoms with Crippen molar-refractivity contribution in [3.63, 3.8) is 0 Å². The van der Waals surface area contributed by atoms with Crippen molar-refractivity contribution in [1.29, 1.82) is 0 Å². The molecule has 0 N–H and O–H groups in total. The molecule has 0 bridgehead atoms. The molecule has 1 aliphatic carbocycles. The van der Waals surface area contributed by atoms with Gasteiger partial charge < -0.3 is 14.2 Å². The van der Waals surface area contributed by atoms with Crippen LogP contribution in [0.4, 0.5) is 4.39 Å². The van der Waals surface area contributed by atoms with Crippen LogP contribution in [-0.2, 0) is 12.8 Å². The van der Waals surface area contributed by atoms with E-state index in [-0.39, 0.29) is 5.82 Å². The third-order valence-electron chi connectivity index (χ3n) is 7.51. The Labute approximate surface area is 219 Å². The molecule has 2 aliphatic rings. The van der Waals surface area contributed by atoms with E-state index in [2.05, 4.69) is 35.2 Å². The number of rotatable bonds is 9. The van der Waals surface area contributed by atoms with Gasteiger partial charge in [-0.3, -0.25) is 4.90 Å². The highest BCUT2D eigenvalue weighted by Crippen LogP contribution is 2.36. The number of fused-ring (bicyclic) bond motifs is 1. The summed E-state index contributed by atoms with van der Waals surface area (Å²) in [6.45, 7) is 3.60. The molecule has 0 aromatic heterocycles. The fourth-order valence-corrected chi connectivity index (χ4v) is 5.40. The van der Waals surface area contributed by atoms with E-state index in [1.165, 1.54) is 36.0 Å². The van der Waals surface area contributed by atoms with Crippen LogP contribution in [0.5, 0.6) is 17.2 Å². The molecule has 1 fully saturated rings. The van der Waals surface area contributed by atoms with Gasteiger partial charge in [0.15, 0.2) is 11.6 Å². The van der Waals surface area contributed by atoms with Crippen molar-refractivity contribution in [3.8, 4) is 17.2 Å². The molecular weight excluding hydrogens is 465 g/mol. The molecular formula is C32H36FNO3. The van der Waals surface area contributed by atoms with Gasteiger partial charge in [-0.15, -0.1) is 0 Å². The molecule has 1 heterocycles. The predicted molar refractivity (Wildman–Crippen MR) is 147 cm³/mol. The summed E-state index contributed by atoms with van der Waals surface area (Å²) >= 11 is 0. The zero-order valence-corrected chi connectivity index (χ0v) is 21.9. The molecule has 5 heteroatoms. The van der Waals surface area contributed by atoms with Gasteiger partial charge in [0, 0.05) is 6.54 Å². The van der Waals surface area contributed by atoms with Crippen LogP contribution < -0.4 is 14.2 Å².